The first-order valence-electron chi connectivity index (χ1n) is 10.7. The van der Waals surface area contributed by atoms with Crippen molar-refractivity contribution in [3.05, 3.63) is 48.0 Å². The standard InChI is InChI=1S/C24H34N4O2/c1-24(2,3)25-22(29)17-27-11-13-28(14-12-27)23(30)18-26(4)16-19-9-10-20-7-5-6-8-21(20)15-19/h5-10,15H,11-14,16-18H2,1-4H3,(H,25,29). The number of likely N-dealkylation sites (N-methyl/N-ethyl adjacent to an activating group) is 1. The first kappa shape index (κ1) is 22.2. The van der Waals surface area contributed by atoms with Gasteiger partial charge in [0.2, 0.25) is 11.8 Å². The first-order valence-corrected chi connectivity index (χ1v) is 10.7. The predicted octanol–water partition coefficient (Wildman–Crippen LogP) is 2.33. The lowest BCUT2D eigenvalue weighted by Crippen LogP contribution is -2.54. The lowest BCUT2D eigenvalue weighted by Gasteiger charge is -2.35. The molecule has 6 nitrogen and oxygen atoms in total. The second kappa shape index (κ2) is 9.58. The fourth-order valence-electron chi connectivity index (χ4n) is 3.85. The minimum atomic E-state index is -0.218. The Morgan fingerprint density at radius 2 is 1.67 bits per heavy atom. The zero-order valence-corrected chi connectivity index (χ0v) is 18.6. The van der Waals surface area contributed by atoms with Gasteiger partial charge in [0.25, 0.3) is 0 Å². The Morgan fingerprint density at radius 3 is 2.33 bits per heavy atom. The van der Waals surface area contributed by atoms with Gasteiger partial charge in [-0.05, 0) is 50.2 Å². The summed E-state index contributed by atoms with van der Waals surface area (Å²) in [6.07, 6.45) is 0. The molecule has 0 bridgehead atoms. The van der Waals surface area contributed by atoms with E-state index in [-0.39, 0.29) is 17.4 Å². The van der Waals surface area contributed by atoms with E-state index in [1.807, 2.05) is 44.9 Å². The van der Waals surface area contributed by atoms with E-state index in [1.54, 1.807) is 0 Å². The highest BCUT2D eigenvalue weighted by molar-refractivity contribution is 5.83. The average Bonchev–Trinajstić information content (AvgIpc) is 2.66. The molecule has 2 amide bonds. The lowest BCUT2D eigenvalue weighted by atomic mass is 10.1. The van der Waals surface area contributed by atoms with Gasteiger partial charge in [-0.1, -0.05) is 36.4 Å². The van der Waals surface area contributed by atoms with Crippen molar-refractivity contribution in [2.75, 3.05) is 46.3 Å². The topological polar surface area (TPSA) is 55.9 Å². The molecular weight excluding hydrogens is 376 g/mol. The van der Waals surface area contributed by atoms with E-state index in [4.69, 9.17) is 0 Å². The number of carbonyl (C=O) groups is 2. The number of rotatable bonds is 6. The SMILES string of the molecule is CN(CC(=O)N1CCN(CC(=O)NC(C)(C)C)CC1)Cc1ccc2ccccc2c1. The van der Waals surface area contributed by atoms with Gasteiger partial charge in [0.05, 0.1) is 13.1 Å². The molecule has 1 heterocycles. The minimum absolute atomic E-state index is 0.0393. The molecule has 0 radical (unpaired) electrons. The molecule has 1 aliphatic heterocycles. The monoisotopic (exact) mass is 410 g/mol. The number of carbonyl (C=O) groups excluding carboxylic acids is 2. The van der Waals surface area contributed by atoms with E-state index in [0.717, 1.165) is 19.6 Å². The molecule has 1 fully saturated rings. The minimum Gasteiger partial charge on any atom is -0.350 e. The highest BCUT2D eigenvalue weighted by Gasteiger charge is 2.24. The number of hydrogen-bond donors (Lipinski definition) is 1. The normalized spacial score (nSPS) is 15.6. The van der Waals surface area contributed by atoms with Crippen molar-refractivity contribution in [2.24, 2.45) is 0 Å². The van der Waals surface area contributed by atoms with Crippen molar-refractivity contribution in [1.29, 1.82) is 0 Å². The van der Waals surface area contributed by atoms with Crippen molar-refractivity contribution in [3.8, 4) is 0 Å². The fourth-order valence-corrected chi connectivity index (χ4v) is 3.85. The molecule has 3 rings (SSSR count). The van der Waals surface area contributed by atoms with Crippen LogP contribution < -0.4 is 5.32 Å². The average molecular weight is 411 g/mol. The van der Waals surface area contributed by atoms with Crippen molar-refractivity contribution in [3.63, 3.8) is 0 Å². The number of piperazine rings is 1. The number of benzene rings is 2. The molecule has 0 aliphatic carbocycles. The summed E-state index contributed by atoms with van der Waals surface area (Å²) in [6, 6.07) is 14.8. The highest BCUT2D eigenvalue weighted by atomic mass is 16.2. The van der Waals surface area contributed by atoms with Crippen LogP contribution >= 0.6 is 0 Å². The molecular formula is C24H34N4O2. The molecule has 0 aromatic heterocycles. The molecule has 2 aromatic carbocycles. The van der Waals surface area contributed by atoms with Gasteiger partial charge in [0.15, 0.2) is 0 Å². The van der Waals surface area contributed by atoms with E-state index >= 15 is 0 Å². The maximum atomic E-state index is 12.7. The second-order valence-corrected chi connectivity index (χ2v) is 9.31. The maximum absolute atomic E-state index is 12.7. The fraction of sp³-hybridized carbons (Fsp3) is 0.500. The smallest absolute Gasteiger partial charge is 0.236 e. The molecule has 0 unspecified atom stereocenters. The van der Waals surface area contributed by atoms with Crippen molar-refractivity contribution in [1.82, 2.24) is 20.0 Å². The first-order chi connectivity index (χ1) is 14.2. The number of nitrogens with one attached hydrogen (secondary N) is 1. The van der Waals surface area contributed by atoms with Crippen molar-refractivity contribution >= 4 is 22.6 Å². The van der Waals surface area contributed by atoms with E-state index in [9.17, 15) is 9.59 Å². The van der Waals surface area contributed by atoms with Gasteiger partial charge >= 0.3 is 0 Å². The molecule has 1 N–H and O–H groups in total. The molecule has 6 heteroatoms. The molecule has 30 heavy (non-hydrogen) atoms. The van der Waals surface area contributed by atoms with Crippen LogP contribution in [0.3, 0.4) is 0 Å². The van der Waals surface area contributed by atoms with Crippen LogP contribution in [0.2, 0.25) is 0 Å². The van der Waals surface area contributed by atoms with Gasteiger partial charge in [0.1, 0.15) is 0 Å². The number of hydrogen-bond acceptors (Lipinski definition) is 4. The molecule has 2 aromatic rings. The number of fused-ring (bicyclic) bond motifs is 1. The van der Waals surface area contributed by atoms with Crippen LogP contribution in [0.25, 0.3) is 10.8 Å². The van der Waals surface area contributed by atoms with Crippen LogP contribution in [0.1, 0.15) is 26.3 Å². The van der Waals surface area contributed by atoms with Crippen molar-refractivity contribution in [2.45, 2.75) is 32.9 Å². The van der Waals surface area contributed by atoms with Crippen LogP contribution in [0.15, 0.2) is 42.5 Å². The summed E-state index contributed by atoms with van der Waals surface area (Å²) in [5.41, 5.74) is 0.989. The second-order valence-electron chi connectivity index (χ2n) is 9.31. The largest absolute Gasteiger partial charge is 0.350 e. The third-order valence-corrected chi connectivity index (χ3v) is 5.28. The number of amides is 2. The summed E-state index contributed by atoms with van der Waals surface area (Å²) < 4.78 is 0. The molecule has 1 aliphatic rings. The Labute approximate surface area is 179 Å². The van der Waals surface area contributed by atoms with Gasteiger partial charge in [-0.3, -0.25) is 19.4 Å². The van der Waals surface area contributed by atoms with Crippen LogP contribution in [0, 0.1) is 0 Å². The Morgan fingerprint density at radius 1 is 1.00 bits per heavy atom. The predicted molar refractivity (Wildman–Crippen MR) is 121 cm³/mol. The van der Waals surface area contributed by atoms with Gasteiger partial charge in [0, 0.05) is 38.3 Å². The zero-order valence-electron chi connectivity index (χ0n) is 18.6. The van der Waals surface area contributed by atoms with Crippen LogP contribution in [-0.4, -0.2) is 78.4 Å². The Hall–Kier alpha value is -2.44. The van der Waals surface area contributed by atoms with Gasteiger partial charge in [-0.25, -0.2) is 0 Å². The maximum Gasteiger partial charge on any atom is 0.236 e. The summed E-state index contributed by atoms with van der Waals surface area (Å²) in [5.74, 6) is 0.189. The van der Waals surface area contributed by atoms with E-state index in [2.05, 4.69) is 45.4 Å². The molecule has 0 spiro atoms. The third-order valence-electron chi connectivity index (χ3n) is 5.28. The van der Waals surface area contributed by atoms with Gasteiger partial charge < -0.3 is 10.2 Å². The number of nitrogens with zero attached hydrogens (tertiary/aromatic N) is 3. The van der Waals surface area contributed by atoms with Crippen molar-refractivity contribution < 1.29 is 9.59 Å². The summed E-state index contributed by atoms with van der Waals surface area (Å²) in [7, 11) is 1.99. The van der Waals surface area contributed by atoms with Gasteiger partial charge in [-0.15, -0.1) is 0 Å². The Balaban J connectivity index is 1.44. The molecule has 0 atom stereocenters. The lowest BCUT2D eigenvalue weighted by molar-refractivity contribution is -0.134. The highest BCUT2D eigenvalue weighted by Crippen LogP contribution is 2.16. The molecule has 162 valence electrons. The Kier molecular flexibility index (Phi) is 7.10. The van der Waals surface area contributed by atoms with Crippen LogP contribution in [-0.2, 0) is 16.1 Å². The van der Waals surface area contributed by atoms with Crippen LogP contribution in [0.4, 0.5) is 0 Å². The summed E-state index contributed by atoms with van der Waals surface area (Å²) in [5, 5.41) is 5.45. The zero-order chi connectivity index (χ0) is 21.7. The third kappa shape index (κ3) is 6.54. The quantitative estimate of drug-likeness (QED) is 0.794. The van der Waals surface area contributed by atoms with E-state index in [1.165, 1.54) is 16.3 Å². The van der Waals surface area contributed by atoms with E-state index < -0.39 is 0 Å². The molecule has 0 saturated carbocycles. The summed E-state index contributed by atoms with van der Waals surface area (Å²) in [4.78, 5) is 30.9. The molecule has 1 saturated heterocycles. The summed E-state index contributed by atoms with van der Waals surface area (Å²) >= 11 is 0. The van der Waals surface area contributed by atoms with Crippen LogP contribution in [0.5, 0.6) is 0 Å². The Bertz CT molecular complexity index is 882. The van der Waals surface area contributed by atoms with Gasteiger partial charge in [-0.2, -0.15) is 0 Å². The van der Waals surface area contributed by atoms with E-state index in [0.29, 0.717) is 26.2 Å². The summed E-state index contributed by atoms with van der Waals surface area (Å²) in [6.45, 7) is 10.3.